The van der Waals surface area contributed by atoms with Crippen LogP contribution in [0.5, 0.6) is 0 Å². The molecular weight excluding hydrogens is 176 g/mol. The number of fused-ring (bicyclic) bond motifs is 1. The van der Waals surface area contributed by atoms with E-state index in [1.807, 2.05) is 24.3 Å². The van der Waals surface area contributed by atoms with E-state index in [0.717, 1.165) is 10.6 Å². The first-order chi connectivity index (χ1) is 5.42. The van der Waals surface area contributed by atoms with Gasteiger partial charge in [-0.2, -0.15) is 0 Å². The van der Waals surface area contributed by atoms with Crippen molar-refractivity contribution in [1.29, 1.82) is 0 Å². The molecule has 1 atom stereocenters. The fourth-order valence-electron chi connectivity index (χ4n) is 0.894. The first-order valence-corrected chi connectivity index (χ1v) is 4.64. The van der Waals surface area contributed by atoms with Crippen molar-refractivity contribution < 1.29 is 0 Å². The molecule has 0 amide bonds. The van der Waals surface area contributed by atoms with Gasteiger partial charge in [-0.1, -0.05) is 12.1 Å². The highest BCUT2D eigenvalue weighted by molar-refractivity contribution is 8.18. The maximum atomic E-state index is 4.70. The highest BCUT2D eigenvalue weighted by Gasteiger charge is 2.10. The second-order valence-electron chi connectivity index (χ2n) is 2.02. The van der Waals surface area contributed by atoms with E-state index in [9.17, 15) is 0 Å². The smallest absolute Gasteiger partial charge is 0.102 e. The molecular formula is C7H4N2S2. The van der Waals surface area contributed by atoms with E-state index in [2.05, 4.69) is 13.9 Å². The zero-order valence-electron chi connectivity index (χ0n) is 5.52. The standard InChI is InChI=1S/C7H4N2S2/c10-5-11-7-4-2-1-3-6(7)8-9-11/h1-4H. The Morgan fingerprint density at radius 1 is 1.36 bits per heavy atom. The summed E-state index contributed by atoms with van der Waals surface area (Å²) in [5.41, 5.74) is 0.924. The fraction of sp³-hybridized carbons (Fsp3) is 0. The maximum absolute atomic E-state index is 4.70. The Balaban J connectivity index is 2.72. The van der Waals surface area contributed by atoms with E-state index >= 15 is 0 Å². The van der Waals surface area contributed by atoms with Gasteiger partial charge in [-0.05, 0) is 24.4 Å². The lowest BCUT2D eigenvalue weighted by molar-refractivity contribution is 1.33. The monoisotopic (exact) mass is 180 g/mol. The lowest BCUT2D eigenvalue weighted by Crippen LogP contribution is -1.65. The van der Waals surface area contributed by atoms with Gasteiger partial charge in [0, 0.05) is 15.0 Å². The summed E-state index contributed by atoms with van der Waals surface area (Å²) >= 11 is 4.70. The molecule has 0 N–H and O–H groups in total. The number of nitrogens with zero attached hydrogens (tertiary/aromatic N) is 2. The molecule has 54 valence electrons. The van der Waals surface area contributed by atoms with Crippen molar-refractivity contribution in [2.75, 3.05) is 0 Å². The summed E-state index contributed by atoms with van der Waals surface area (Å²) in [7, 11) is -0.386. The molecule has 2 rings (SSSR count). The highest BCUT2D eigenvalue weighted by Crippen LogP contribution is 2.41. The van der Waals surface area contributed by atoms with Crippen molar-refractivity contribution in [1.82, 2.24) is 0 Å². The predicted molar refractivity (Wildman–Crippen MR) is 49.4 cm³/mol. The van der Waals surface area contributed by atoms with Gasteiger partial charge in [0.1, 0.15) is 5.69 Å². The number of benzene rings is 1. The summed E-state index contributed by atoms with van der Waals surface area (Å²) < 4.78 is 6.63. The van der Waals surface area contributed by atoms with Crippen LogP contribution >= 0.6 is 22.9 Å². The molecule has 0 saturated heterocycles. The first-order valence-electron chi connectivity index (χ1n) is 3.05. The molecule has 0 fully saturated rings. The van der Waals surface area contributed by atoms with Crippen LogP contribution in [0, 0.1) is 0 Å². The van der Waals surface area contributed by atoms with Gasteiger partial charge >= 0.3 is 0 Å². The van der Waals surface area contributed by atoms with Gasteiger partial charge in [0.15, 0.2) is 0 Å². The summed E-state index contributed by atoms with van der Waals surface area (Å²) in [6, 6.07) is 7.81. The molecule has 1 aromatic carbocycles. The van der Waals surface area contributed by atoms with E-state index < -0.39 is 0 Å². The molecule has 11 heavy (non-hydrogen) atoms. The number of thiocarbonyl (C=S) groups is 1. The van der Waals surface area contributed by atoms with Crippen LogP contribution in [-0.4, -0.2) is 4.31 Å². The van der Waals surface area contributed by atoms with Gasteiger partial charge in [0.2, 0.25) is 0 Å². The Morgan fingerprint density at radius 3 is 3.00 bits per heavy atom. The van der Waals surface area contributed by atoms with Crippen molar-refractivity contribution in [2.45, 2.75) is 4.90 Å². The summed E-state index contributed by atoms with van der Waals surface area (Å²) in [5.74, 6) is 0. The third-order valence-electron chi connectivity index (χ3n) is 1.38. The molecule has 2 nitrogen and oxygen atoms in total. The van der Waals surface area contributed by atoms with Crippen LogP contribution in [0.4, 0.5) is 5.69 Å². The summed E-state index contributed by atoms with van der Waals surface area (Å²) in [6.45, 7) is 0. The lowest BCUT2D eigenvalue weighted by atomic mass is 10.3. The third-order valence-corrected chi connectivity index (χ3v) is 3.02. The average Bonchev–Trinajstić information content (AvgIpc) is 2.47. The number of hydrogen-bond acceptors (Lipinski definition) is 3. The molecule has 0 bridgehead atoms. The first kappa shape index (κ1) is 6.85. The molecule has 1 aliphatic rings. The van der Waals surface area contributed by atoms with Crippen LogP contribution in [-0.2, 0) is 0 Å². The molecule has 0 saturated carbocycles. The van der Waals surface area contributed by atoms with E-state index in [-0.39, 0.29) is 10.7 Å². The van der Waals surface area contributed by atoms with Crippen molar-refractivity contribution in [3.63, 3.8) is 0 Å². The number of rotatable bonds is 0. The van der Waals surface area contributed by atoms with Crippen LogP contribution in [0.2, 0.25) is 0 Å². The van der Waals surface area contributed by atoms with Crippen molar-refractivity contribution in [2.24, 2.45) is 9.63 Å². The topological polar surface area (TPSA) is 24.7 Å². The zero-order chi connectivity index (χ0) is 7.68. The normalized spacial score (nSPS) is 19.5. The Kier molecular flexibility index (Phi) is 1.66. The van der Waals surface area contributed by atoms with Crippen LogP contribution < -0.4 is 0 Å². The molecule has 1 aliphatic heterocycles. The third kappa shape index (κ3) is 1.05. The molecule has 0 spiro atoms. The van der Waals surface area contributed by atoms with E-state index in [4.69, 9.17) is 12.2 Å². The summed E-state index contributed by atoms with van der Waals surface area (Å²) in [4.78, 5) is 1.09. The molecule has 0 radical (unpaired) electrons. The van der Waals surface area contributed by atoms with Gasteiger partial charge in [-0.3, -0.25) is 0 Å². The largest absolute Gasteiger partial charge is 0.142 e. The van der Waals surface area contributed by atoms with Gasteiger partial charge in [-0.15, -0.1) is 9.63 Å². The molecule has 4 heteroatoms. The second kappa shape index (κ2) is 2.66. The molecule has 1 heterocycles. The molecule has 0 aliphatic carbocycles. The van der Waals surface area contributed by atoms with E-state index in [1.54, 1.807) is 0 Å². The lowest BCUT2D eigenvalue weighted by Gasteiger charge is -1.91. The minimum atomic E-state index is -0.386. The minimum absolute atomic E-state index is 0.386. The van der Waals surface area contributed by atoms with Crippen LogP contribution in [0.25, 0.3) is 0 Å². The van der Waals surface area contributed by atoms with Crippen LogP contribution in [0.3, 0.4) is 0 Å². The van der Waals surface area contributed by atoms with Gasteiger partial charge in [-0.25, -0.2) is 0 Å². The van der Waals surface area contributed by atoms with Gasteiger partial charge in [0.05, 0.1) is 4.90 Å². The fourth-order valence-corrected chi connectivity index (χ4v) is 2.16. The molecule has 0 aromatic heterocycles. The molecule has 1 unspecified atom stereocenters. The number of hydrogen-bond donors (Lipinski definition) is 0. The Morgan fingerprint density at radius 2 is 2.18 bits per heavy atom. The zero-order valence-corrected chi connectivity index (χ0v) is 7.15. The quantitative estimate of drug-likeness (QED) is 0.563. The van der Waals surface area contributed by atoms with Crippen LogP contribution in [0.1, 0.15) is 0 Å². The predicted octanol–water partition coefficient (Wildman–Crippen LogP) is 3.16. The maximum Gasteiger partial charge on any atom is 0.102 e. The van der Waals surface area contributed by atoms with Gasteiger partial charge < -0.3 is 0 Å². The Bertz CT molecular complexity index is 378. The summed E-state index contributed by atoms with van der Waals surface area (Å²) in [6.07, 6.45) is 0. The van der Waals surface area contributed by atoms with Crippen molar-refractivity contribution in [3.05, 3.63) is 24.3 Å². The second-order valence-corrected chi connectivity index (χ2v) is 3.86. The summed E-state index contributed by atoms with van der Waals surface area (Å²) in [5, 5.41) is 3.96. The highest BCUT2D eigenvalue weighted by atomic mass is 32.2. The SMILES string of the molecule is S=C=S1N=Nc2ccccc21. The van der Waals surface area contributed by atoms with E-state index in [0.29, 0.717) is 0 Å². The van der Waals surface area contributed by atoms with Gasteiger partial charge in [0.25, 0.3) is 0 Å². The van der Waals surface area contributed by atoms with Crippen molar-refractivity contribution >= 4 is 32.9 Å². The Hall–Kier alpha value is -0.830. The molecule has 1 aromatic rings. The van der Waals surface area contributed by atoms with E-state index in [1.165, 1.54) is 0 Å². The minimum Gasteiger partial charge on any atom is -0.142 e. The Labute approximate surface area is 72.0 Å². The van der Waals surface area contributed by atoms with Crippen molar-refractivity contribution in [3.8, 4) is 0 Å². The van der Waals surface area contributed by atoms with Crippen LogP contribution in [0.15, 0.2) is 38.8 Å². The average molecular weight is 180 g/mol.